The number of aliphatic hydroxyl groups excluding tert-OH is 1. The Hall–Kier alpha value is -2.03. The van der Waals surface area contributed by atoms with Crippen LogP contribution in [0.2, 0.25) is 0 Å². The molecule has 4 heterocycles. The van der Waals surface area contributed by atoms with Crippen LogP contribution in [0.15, 0.2) is 23.1 Å². The molecule has 3 aromatic rings. The Bertz CT molecular complexity index is 942. The minimum absolute atomic E-state index is 0.0261. The van der Waals surface area contributed by atoms with Crippen LogP contribution in [0, 0.1) is 6.92 Å². The Balaban J connectivity index is 1.59. The summed E-state index contributed by atoms with van der Waals surface area (Å²) in [4.78, 5) is 21.0. The average molecular weight is 345 g/mol. The van der Waals surface area contributed by atoms with Gasteiger partial charge in [-0.2, -0.15) is 5.10 Å². The van der Waals surface area contributed by atoms with E-state index in [0.29, 0.717) is 12.2 Å². The minimum atomic E-state index is -0.0350. The Morgan fingerprint density at radius 2 is 2.17 bits per heavy atom. The summed E-state index contributed by atoms with van der Waals surface area (Å²) in [6.07, 6.45) is 2.82. The highest BCUT2D eigenvalue weighted by molar-refractivity contribution is 7.16. The van der Waals surface area contributed by atoms with Crippen LogP contribution in [0.25, 0.3) is 4.96 Å². The Morgan fingerprint density at radius 3 is 3.00 bits per heavy atom. The number of fused-ring (bicyclic) bond motifs is 2. The molecule has 0 aromatic carbocycles. The van der Waals surface area contributed by atoms with Gasteiger partial charge in [0.25, 0.3) is 5.56 Å². The Morgan fingerprint density at radius 1 is 1.29 bits per heavy atom. The highest BCUT2D eigenvalue weighted by Gasteiger charge is 2.17. The zero-order valence-corrected chi connectivity index (χ0v) is 14.3. The fraction of sp³-hybridized carbons (Fsp3) is 0.438. The molecule has 126 valence electrons. The molecule has 0 aliphatic carbocycles. The molecule has 4 rings (SSSR count). The molecule has 0 fully saturated rings. The van der Waals surface area contributed by atoms with Crippen LogP contribution >= 0.6 is 11.3 Å². The number of hydrogen-bond donors (Lipinski definition) is 1. The van der Waals surface area contributed by atoms with Gasteiger partial charge in [0, 0.05) is 43.3 Å². The number of aromatic nitrogens is 4. The van der Waals surface area contributed by atoms with Crippen molar-refractivity contribution in [1.29, 1.82) is 0 Å². The molecule has 24 heavy (non-hydrogen) atoms. The number of rotatable bonds is 3. The summed E-state index contributed by atoms with van der Waals surface area (Å²) < 4.78 is 3.58. The van der Waals surface area contributed by atoms with Crippen molar-refractivity contribution in [2.75, 3.05) is 6.54 Å². The number of aliphatic hydroxyl groups is 1. The molecule has 3 aromatic heterocycles. The Labute approximate surface area is 142 Å². The molecule has 0 saturated carbocycles. The molecule has 0 saturated heterocycles. The summed E-state index contributed by atoms with van der Waals surface area (Å²) in [5.74, 6) is 0. The molecule has 1 aliphatic rings. The lowest BCUT2D eigenvalue weighted by molar-refractivity contribution is 0.257. The van der Waals surface area contributed by atoms with Gasteiger partial charge in [-0.1, -0.05) is 0 Å². The van der Waals surface area contributed by atoms with E-state index in [-0.39, 0.29) is 12.2 Å². The lowest BCUT2D eigenvalue weighted by atomic mass is 10.3. The largest absolute Gasteiger partial charge is 0.390 e. The van der Waals surface area contributed by atoms with Crippen LogP contribution in [0.3, 0.4) is 0 Å². The van der Waals surface area contributed by atoms with E-state index in [1.807, 2.05) is 23.9 Å². The van der Waals surface area contributed by atoms with Gasteiger partial charge >= 0.3 is 0 Å². The second-order valence-electron chi connectivity index (χ2n) is 6.15. The predicted octanol–water partition coefficient (Wildman–Crippen LogP) is 1.16. The second-order valence-corrected chi connectivity index (χ2v) is 7.37. The first-order valence-corrected chi connectivity index (χ1v) is 8.81. The van der Waals surface area contributed by atoms with Gasteiger partial charge in [0.15, 0.2) is 4.96 Å². The maximum absolute atomic E-state index is 12.2. The van der Waals surface area contributed by atoms with Crippen molar-refractivity contribution in [3.05, 3.63) is 50.6 Å². The third-order valence-corrected chi connectivity index (χ3v) is 5.13. The summed E-state index contributed by atoms with van der Waals surface area (Å²) in [5.41, 5.74) is 2.58. The smallest absolute Gasteiger partial charge is 0.258 e. The first kappa shape index (κ1) is 15.5. The van der Waals surface area contributed by atoms with E-state index in [4.69, 9.17) is 0 Å². The van der Waals surface area contributed by atoms with Crippen LogP contribution in [0.1, 0.15) is 28.4 Å². The van der Waals surface area contributed by atoms with E-state index in [2.05, 4.69) is 15.0 Å². The fourth-order valence-electron chi connectivity index (χ4n) is 3.17. The lowest BCUT2D eigenvalue weighted by Crippen LogP contribution is -2.25. The normalized spacial score (nSPS) is 15.6. The lowest BCUT2D eigenvalue weighted by Gasteiger charge is -2.18. The molecule has 8 heteroatoms. The monoisotopic (exact) mass is 345 g/mol. The molecular weight excluding hydrogens is 326 g/mol. The molecule has 0 spiro atoms. The molecule has 0 unspecified atom stereocenters. The van der Waals surface area contributed by atoms with Gasteiger partial charge in [-0.3, -0.25) is 18.8 Å². The molecule has 0 bridgehead atoms. The molecule has 0 amide bonds. The third-order valence-electron chi connectivity index (χ3n) is 4.23. The first-order valence-electron chi connectivity index (χ1n) is 8.00. The van der Waals surface area contributed by atoms with Crippen molar-refractivity contribution in [2.45, 2.75) is 39.6 Å². The van der Waals surface area contributed by atoms with Crippen LogP contribution < -0.4 is 5.56 Å². The van der Waals surface area contributed by atoms with Gasteiger partial charge in [-0.25, -0.2) is 4.98 Å². The predicted molar refractivity (Wildman–Crippen MR) is 91.0 cm³/mol. The Kier molecular flexibility index (Phi) is 3.95. The number of hydrogen-bond acceptors (Lipinski definition) is 6. The molecule has 1 aliphatic heterocycles. The molecule has 1 N–H and O–H groups in total. The van der Waals surface area contributed by atoms with Crippen LogP contribution in [-0.4, -0.2) is 35.7 Å². The maximum atomic E-state index is 12.2. The standard InChI is InChI=1S/C16H19N5O2S/c1-11-7-20-15(23)6-12(17-16(20)24-11)8-19-3-2-4-21-14(9-19)5-13(10-22)18-21/h5-7,22H,2-4,8-10H2,1H3. The maximum Gasteiger partial charge on any atom is 0.258 e. The van der Waals surface area contributed by atoms with E-state index in [1.54, 1.807) is 10.5 Å². The van der Waals surface area contributed by atoms with Gasteiger partial charge in [0.1, 0.15) is 0 Å². The van der Waals surface area contributed by atoms with Crippen LogP contribution in [0.5, 0.6) is 0 Å². The van der Waals surface area contributed by atoms with Crippen molar-refractivity contribution in [1.82, 2.24) is 24.1 Å². The fourth-order valence-corrected chi connectivity index (χ4v) is 4.02. The topological polar surface area (TPSA) is 75.7 Å². The summed E-state index contributed by atoms with van der Waals surface area (Å²) in [6.45, 7) is 5.12. The summed E-state index contributed by atoms with van der Waals surface area (Å²) in [5, 5.41) is 13.7. The number of nitrogens with zero attached hydrogens (tertiary/aromatic N) is 5. The molecule has 0 radical (unpaired) electrons. The van der Waals surface area contributed by atoms with Gasteiger partial charge in [0.2, 0.25) is 0 Å². The van der Waals surface area contributed by atoms with Gasteiger partial charge in [-0.15, -0.1) is 11.3 Å². The van der Waals surface area contributed by atoms with Crippen LogP contribution in [0.4, 0.5) is 0 Å². The van der Waals surface area contributed by atoms with Crippen molar-refractivity contribution >= 4 is 16.3 Å². The summed E-state index contributed by atoms with van der Waals surface area (Å²) >= 11 is 1.53. The third kappa shape index (κ3) is 2.88. The highest BCUT2D eigenvalue weighted by atomic mass is 32.1. The van der Waals surface area contributed by atoms with Crippen molar-refractivity contribution in [2.24, 2.45) is 0 Å². The van der Waals surface area contributed by atoms with E-state index in [1.165, 1.54) is 11.3 Å². The number of aryl methyl sites for hydroxylation is 2. The summed E-state index contributed by atoms with van der Waals surface area (Å²) in [7, 11) is 0. The van der Waals surface area contributed by atoms with Crippen molar-refractivity contribution in [3.63, 3.8) is 0 Å². The quantitative estimate of drug-likeness (QED) is 0.771. The molecular formula is C16H19N5O2S. The van der Waals surface area contributed by atoms with E-state index in [0.717, 1.165) is 47.3 Å². The molecule has 0 atom stereocenters. The first-order chi connectivity index (χ1) is 11.6. The van der Waals surface area contributed by atoms with Crippen molar-refractivity contribution in [3.8, 4) is 0 Å². The summed E-state index contributed by atoms with van der Waals surface area (Å²) in [6, 6.07) is 3.58. The van der Waals surface area contributed by atoms with Crippen LogP contribution in [-0.2, 0) is 26.2 Å². The van der Waals surface area contributed by atoms with Gasteiger partial charge < -0.3 is 5.11 Å². The second kappa shape index (κ2) is 6.12. The zero-order valence-electron chi connectivity index (χ0n) is 13.5. The highest BCUT2D eigenvalue weighted by Crippen LogP contribution is 2.17. The van der Waals surface area contributed by atoms with Crippen molar-refractivity contribution < 1.29 is 5.11 Å². The number of thiazole rings is 1. The SMILES string of the molecule is Cc1cn2c(=O)cc(CN3CCCn4nc(CO)cc4C3)nc2s1. The van der Waals surface area contributed by atoms with E-state index >= 15 is 0 Å². The zero-order chi connectivity index (χ0) is 16.7. The van der Waals surface area contributed by atoms with Gasteiger partial charge in [0.05, 0.1) is 23.7 Å². The molecule has 7 nitrogen and oxygen atoms in total. The minimum Gasteiger partial charge on any atom is -0.390 e. The average Bonchev–Trinajstić information content (AvgIpc) is 3.05. The van der Waals surface area contributed by atoms with E-state index in [9.17, 15) is 9.90 Å². The van der Waals surface area contributed by atoms with Gasteiger partial charge in [-0.05, 0) is 19.4 Å². The van der Waals surface area contributed by atoms with E-state index < -0.39 is 0 Å².